The van der Waals surface area contributed by atoms with Crippen molar-refractivity contribution < 1.29 is 19.4 Å². The van der Waals surface area contributed by atoms with Gasteiger partial charge in [0.05, 0.1) is 0 Å². The lowest BCUT2D eigenvalue weighted by Gasteiger charge is -2.57. The van der Waals surface area contributed by atoms with E-state index in [0.717, 1.165) is 44.1 Å². The first-order valence-electron chi connectivity index (χ1n) is 9.07. The number of allylic oxidation sites excluding steroid dienone is 1. The van der Waals surface area contributed by atoms with Crippen LogP contribution in [0.4, 0.5) is 0 Å². The van der Waals surface area contributed by atoms with Gasteiger partial charge in [-0.25, -0.2) is 9.59 Å². The molecular formula is C20H28O4. The molecule has 1 heterocycles. The van der Waals surface area contributed by atoms with Crippen molar-refractivity contribution in [2.45, 2.75) is 59.3 Å². The number of esters is 1. The Labute approximate surface area is 144 Å². The molecule has 0 aromatic heterocycles. The highest BCUT2D eigenvalue weighted by molar-refractivity contribution is 5.88. The summed E-state index contributed by atoms with van der Waals surface area (Å²) in [6.45, 7) is 7.22. The van der Waals surface area contributed by atoms with Crippen LogP contribution in [0.5, 0.6) is 0 Å². The van der Waals surface area contributed by atoms with Gasteiger partial charge in [-0.2, -0.15) is 0 Å². The molecule has 4 nitrogen and oxygen atoms in total. The zero-order valence-electron chi connectivity index (χ0n) is 14.9. The van der Waals surface area contributed by atoms with Gasteiger partial charge in [-0.3, -0.25) is 0 Å². The maximum atomic E-state index is 11.8. The van der Waals surface area contributed by atoms with Gasteiger partial charge in [0.15, 0.2) is 0 Å². The molecule has 0 aromatic rings. The molecule has 0 saturated heterocycles. The summed E-state index contributed by atoms with van der Waals surface area (Å²) < 4.78 is 5.02. The zero-order valence-corrected chi connectivity index (χ0v) is 14.9. The first-order chi connectivity index (χ1) is 11.3. The van der Waals surface area contributed by atoms with Crippen LogP contribution in [0.3, 0.4) is 0 Å². The monoisotopic (exact) mass is 332 g/mol. The Kier molecular flexibility index (Phi) is 4.35. The van der Waals surface area contributed by atoms with Gasteiger partial charge in [0.1, 0.15) is 6.61 Å². The van der Waals surface area contributed by atoms with Gasteiger partial charge in [-0.15, -0.1) is 0 Å². The lowest BCUT2D eigenvalue weighted by Crippen LogP contribution is -2.51. The number of aliphatic carboxylic acids is 1. The first-order valence-corrected chi connectivity index (χ1v) is 9.07. The number of ether oxygens (including phenoxy) is 1. The topological polar surface area (TPSA) is 63.6 Å². The molecule has 0 spiro atoms. The predicted molar refractivity (Wildman–Crippen MR) is 91.3 cm³/mol. The van der Waals surface area contributed by atoms with Crippen molar-refractivity contribution in [3.63, 3.8) is 0 Å². The average Bonchev–Trinajstić information content (AvgIpc) is 2.94. The van der Waals surface area contributed by atoms with E-state index in [-0.39, 0.29) is 16.8 Å². The molecule has 2 aliphatic carbocycles. The Hall–Kier alpha value is -1.58. The third-order valence-corrected chi connectivity index (χ3v) is 7.14. The van der Waals surface area contributed by atoms with E-state index in [4.69, 9.17) is 4.74 Å². The Bertz CT molecular complexity index is 617. The van der Waals surface area contributed by atoms with Crippen LogP contribution in [0.1, 0.15) is 59.3 Å². The van der Waals surface area contributed by atoms with Gasteiger partial charge in [0, 0.05) is 17.1 Å². The second-order valence-electron chi connectivity index (χ2n) is 8.33. The lowest BCUT2D eigenvalue weighted by atomic mass is 9.46. The molecule has 1 aliphatic heterocycles. The van der Waals surface area contributed by atoms with Crippen LogP contribution in [0.15, 0.2) is 23.3 Å². The molecule has 3 aliphatic rings. The number of carbonyl (C=O) groups is 2. The Morgan fingerprint density at radius 2 is 2.12 bits per heavy atom. The maximum absolute atomic E-state index is 11.8. The average molecular weight is 332 g/mol. The normalized spacial score (nSPS) is 38.9. The number of hydrogen-bond acceptors (Lipinski definition) is 3. The molecule has 0 bridgehead atoms. The number of carboxylic acids is 1. The first kappa shape index (κ1) is 17.2. The fraction of sp³-hybridized carbons (Fsp3) is 0.700. The lowest BCUT2D eigenvalue weighted by molar-refractivity contribution is -0.137. The predicted octanol–water partition coefficient (Wildman–Crippen LogP) is 4.11. The van der Waals surface area contributed by atoms with E-state index in [1.165, 1.54) is 0 Å². The molecule has 132 valence electrons. The molecule has 0 aromatic carbocycles. The summed E-state index contributed by atoms with van der Waals surface area (Å²) in [6.07, 6.45) is 9.35. The molecule has 3 rings (SSSR count). The van der Waals surface area contributed by atoms with Crippen LogP contribution < -0.4 is 0 Å². The molecule has 0 unspecified atom stereocenters. The van der Waals surface area contributed by atoms with Crippen LogP contribution in [-0.2, 0) is 14.3 Å². The van der Waals surface area contributed by atoms with Crippen molar-refractivity contribution in [3.8, 4) is 0 Å². The van der Waals surface area contributed by atoms with Crippen molar-refractivity contribution in [2.24, 2.45) is 22.7 Å². The summed E-state index contributed by atoms with van der Waals surface area (Å²) in [5.41, 5.74) is 1.55. The zero-order chi connectivity index (χ0) is 17.5. The third kappa shape index (κ3) is 2.70. The molecule has 1 saturated carbocycles. The van der Waals surface area contributed by atoms with E-state index in [0.29, 0.717) is 24.0 Å². The molecule has 0 radical (unpaired) electrons. The minimum Gasteiger partial charge on any atom is -0.478 e. The fourth-order valence-electron chi connectivity index (χ4n) is 5.43. The largest absolute Gasteiger partial charge is 0.478 e. The van der Waals surface area contributed by atoms with Crippen LogP contribution in [0, 0.1) is 22.7 Å². The molecule has 4 atom stereocenters. The van der Waals surface area contributed by atoms with Gasteiger partial charge >= 0.3 is 11.9 Å². The molecule has 0 amide bonds. The smallest absolute Gasteiger partial charge is 0.331 e. The van der Waals surface area contributed by atoms with E-state index >= 15 is 0 Å². The standard InChI is InChI=1S/C20H28O4/c1-13-7-9-20(3)15(18(22)23)5-4-6-16(20)19(13,2)10-8-14-11-17(21)24-12-14/h5,11,13,16H,4,6-10,12H2,1-3H3,(H,22,23)/t13-,16-,19-,20-/m1/s1. The second-order valence-corrected chi connectivity index (χ2v) is 8.33. The van der Waals surface area contributed by atoms with Crippen molar-refractivity contribution in [1.82, 2.24) is 0 Å². The van der Waals surface area contributed by atoms with Crippen LogP contribution in [0.25, 0.3) is 0 Å². The van der Waals surface area contributed by atoms with Crippen LogP contribution in [-0.4, -0.2) is 23.7 Å². The summed E-state index contributed by atoms with van der Waals surface area (Å²) in [6, 6.07) is 0. The molecular weight excluding hydrogens is 304 g/mol. The summed E-state index contributed by atoms with van der Waals surface area (Å²) in [4.78, 5) is 23.1. The van der Waals surface area contributed by atoms with E-state index in [1.54, 1.807) is 6.08 Å². The number of carbonyl (C=O) groups excluding carboxylic acids is 1. The maximum Gasteiger partial charge on any atom is 0.331 e. The van der Waals surface area contributed by atoms with Crippen molar-refractivity contribution in [3.05, 3.63) is 23.3 Å². The molecule has 4 heteroatoms. The van der Waals surface area contributed by atoms with Crippen LogP contribution in [0.2, 0.25) is 0 Å². The van der Waals surface area contributed by atoms with Gasteiger partial charge in [-0.05, 0) is 61.3 Å². The van der Waals surface area contributed by atoms with E-state index in [1.807, 2.05) is 6.08 Å². The number of carboxylic acid groups (broad SMARTS) is 1. The molecule has 1 fully saturated rings. The Morgan fingerprint density at radius 3 is 2.75 bits per heavy atom. The minimum absolute atomic E-state index is 0.0917. The Morgan fingerprint density at radius 1 is 1.38 bits per heavy atom. The summed E-state index contributed by atoms with van der Waals surface area (Å²) in [5, 5.41) is 9.68. The number of hydrogen-bond donors (Lipinski definition) is 1. The van der Waals surface area contributed by atoms with Crippen molar-refractivity contribution in [2.75, 3.05) is 6.61 Å². The molecule has 24 heavy (non-hydrogen) atoms. The minimum atomic E-state index is -0.753. The quantitative estimate of drug-likeness (QED) is 0.787. The summed E-state index contributed by atoms with van der Waals surface area (Å²) in [5.74, 6) is -0.0483. The van der Waals surface area contributed by atoms with Gasteiger partial charge in [-0.1, -0.05) is 26.8 Å². The summed E-state index contributed by atoms with van der Waals surface area (Å²) in [7, 11) is 0. The van der Waals surface area contributed by atoms with Gasteiger partial charge in [0.25, 0.3) is 0 Å². The number of rotatable bonds is 4. The third-order valence-electron chi connectivity index (χ3n) is 7.14. The number of cyclic esters (lactones) is 1. The van der Waals surface area contributed by atoms with Crippen LogP contribution >= 0.6 is 0 Å². The van der Waals surface area contributed by atoms with E-state index in [2.05, 4.69) is 20.8 Å². The molecule has 1 N–H and O–H groups in total. The summed E-state index contributed by atoms with van der Waals surface area (Å²) >= 11 is 0. The van der Waals surface area contributed by atoms with Gasteiger partial charge in [0.2, 0.25) is 0 Å². The Balaban J connectivity index is 1.85. The highest BCUT2D eigenvalue weighted by Crippen LogP contribution is 2.62. The number of fused-ring (bicyclic) bond motifs is 1. The SMILES string of the molecule is C[C@@H]1CC[C@]2(C)C(C(=O)O)=CCC[C@@H]2[C@]1(C)CCC1=CC(=O)OC1. The second kappa shape index (κ2) is 6.05. The van der Waals surface area contributed by atoms with Crippen molar-refractivity contribution >= 4 is 11.9 Å². The highest BCUT2D eigenvalue weighted by atomic mass is 16.5. The fourth-order valence-corrected chi connectivity index (χ4v) is 5.43. The van der Waals surface area contributed by atoms with E-state index in [9.17, 15) is 14.7 Å². The van der Waals surface area contributed by atoms with E-state index < -0.39 is 5.97 Å². The van der Waals surface area contributed by atoms with Crippen molar-refractivity contribution in [1.29, 1.82) is 0 Å². The highest BCUT2D eigenvalue weighted by Gasteiger charge is 2.55. The van der Waals surface area contributed by atoms with Gasteiger partial charge < -0.3 is 9.84 Å².